The minimum atomic E-state index is -0.919. The molecule has 1 N–H and O–H groups in total. The van der Waals surface area contributed by atoms with Crippen LogP contribution in [0, 0.1) is 5.92 Å². The van der Waals surface area contributed by atoms with E-state index in [9.17, 15) is 9.90 Å². The summed E-state index contributed by atoms with van der Waals surface area (Å²) in [5, 5.41) is 9.22. The predicted octanol–water partition coefficient (Wildman–Crippen LogP) is 2.46. The van der Waals surface area contributed by atoms with Crippen molar-refractivity contribution in [2.45, 2.75) is 32.9 Å². The molecule has 2 aromatic rings. The fourth-order valence-corrected chi connectivity index (χ4v) is 3.17. The van der Waals surface area contributed by atoms with Gasteiger partial charge in [0.15, 0.2) is 0 Å². The van der Waals surface area contributed by atoms with E-state index in [1.807, 2.05) is 6.07 Å². The minimum absolute atomic E-state index is 0.279. The topological polar surface area (TPSA) is 58.4 Å². The van der Waals surface area contributed by atoms with Crippen molar-refractivity contribution in [1.29, 1.82) is 0 Å². The molecule has 0 spiro atoms. The second kappa shape index (κ2) is 5.48. The monoisotopic (exact) mass is 287 g/mol. The van der Waals surface area contributed by atoms with Gasteiger partial charge in [-0.15, -0.1) is 0 Å². The van der Waals surface area contributed by atoms with Gasteiger partial charge in [0.1, 0.15) is 5.52 Å². The summed E-state index contributed by atoms with van der Waals surface area (Å²) in [6, 6.07) is 5.94. The molecule has 1 saturated heterocycles. The van der Waals surface area contributed by atoms with E-state index in [-0.39, 0.29) is 5.56 Å². The molecule has 21 heavy (non-hydrogen) atoms. The van der Waals surface area contributed by atoms with E-state index >= 15 is 0 Å². The molecule has 1 unspecified atom stereocenters. The van der Waals surface area contributed by atoms with Crippen LogP contribution in [-0.2, 0) is 6.54 Å². The Hall–Kier alpha value is -1.88. The summed E-state index contributed by atoms with van der Waals surface area (Å²) >= 11 is 0. The first-order chi connectivity index (χ1) is 10.1. The summed E-state index contributed by atoms with van der Waals surface area (Å²) in [4.78, 5) is 18.0. The Bertz CT molecular complexity index is 663. The maximum absolute atomic E-state index is 11.2. The van der Waals surface area contributed by atoms with Gasteiger partial charge in [-0.2, -0.15) is 0 Å². The van der Waals surface area contributed by atoms with Crippen molar-refractivity contribution < 1.29 is 9.90 Å². The van der Waals surface area contributed by atoms with Crippen LogP contribution < -0.4 is 0 Å². The zero-order valence-electron chi connectivity index (χ0n) is 12.5. The number of nitrogens with zero attached hydrogens (tertiary/aromatic N) is 3. The SMILES string of the molecule is CC(C)N1CCC(Cn2cnc3c(C(=O)O)cccc32)C1. The molecule has 1 fully saturated rings. The summed E-state index contributed by atoms with van der Waals surface area (Å²) in [6.07, 6.45) is 2.96. The molecule has 0 bridgehead atoms. The molecule has 0 radical (unpaired) electrons. The highest BCUT2D eigenvalue weighted by molar-refractivity contribution is 6.00. The summed E-state index contributed by atoms with van der Waals surface area (Å²) < 4.78 is 2.09. The third-order valence-corrected chi connectivity index (χ3v) is 4.38. The van der Waals surface area contributed by atoms with Gasteiger partial charge >= 0.3 is 5.97 Å². The number of rotatable bonds is 4. The van der Waals surface area contributed by atoms with E-state index in [1.54, 1.807) is 18.5 Å². The number of para-hydroxylation sites is 1. The average Bonchev–Trinajstić information content (AvgIpc) is 3.06. The fourth-order valence-electron chi connectivity index (χ4n) is 3.17. The lowest BCUT2D eigenvalue weighted by molar-refractivity contribution is 0.0699. The lowest BCUT2D eigenvalue weighted by atomic mass is 10.1. The van der Waals surface area contributed by atoms with Crippen LogP contribution in [0.25, 0.3) is 11.0 Å². The molecule has 0 saturated carbocycles. The van der Waals surface area contributed by atoms with Gasteiger partial charge in [-0.05, 0) is 44.9 Å². The van der Waals surface area contributed by atoms with Crippen LogP contribution in [0.1, 0.15) is 30.6 Å². The molecule has 112 valence electrons. The molecule has 1 atom stereocenters. The Balaban J connectivity index is 1.83. The lowest BCUT2D eigenvalue weighted by Gasteiger charge is -2.20. The smallest absolute Gasteiger partial charge is 0.337 e. The highest BCUT2D eigenvalue weighted by Gasteiger charge is 2.25. The van der Waals surface area contributed by atoms with Gasteiger partial charge in [-0.1, -0.05) is 6.07 Å². The highest BCUT2D eigenvalue weighted by atomic mass is 16.4. The third kappa shape index (κ3) is 2.65. The number of carbonyl (C=O) groups is 1. The molecule has 2 heterocycles. The van der Waals surface area contributed by atoms with E-state index in [0.717, 1.165) is 25.2 Å². The van der Waals surface area contributed by atoms with Crippen molar-refractivity contribution in [2.75, 3.05) is 13.1 Å². The van der Waals surface area contributed by atoms with Crippen molar-refractivity contribution in [1.82, 2.24) is 14.5 Å². The van der Waals surface area contributed by atoms with Gasteiger partial charge in [0.25, 0.3) is 0 Å². The van der Waals surface area contributed by atoms with Gasteiger partial charge in [0, 0.05) is 19.1 Å². The first-order valence-corrected chi connectivity index (χ1v) is 7.47. The Morgan fingerprint density at radius 3 is 2.95 bits per heavy atom. The number of hydrogen-bond donors (Lipinski definition) is 1. The Morgan fingerprint density at radius 1 is 1.48 bits per heavy atom. The van der Waals surface area contributed by atoms with Crippen LogP contribution in [0.3, 0.4) is 0 Å². The van der Waals surface area contributed by atoms with Gasteiger partial charge < -0.3 is 14.6 Å². The number of hydrogen-bond acceptors (Lipinski definition) is 3. The van der Waals surface area contributed by atoms with E-state index in [2.05, 4.69) is 28.3 Å². The third-order valence-electron chi connectivity index (χ3n) is 4.38. The Labute approximate surface area is 124 Å². The van der Waals surface area contributed by atoms with Crippen LogP contribution >= 0.6 is 0 Å². The predicted molar refractivity (Wildman–Crippen MR) is 81.5 cm³/mol. The summed E-state index contributed by atoms with van der Waals surface area (Å²) in [7, 11) is 0. The molecule has 0 aliphatic carbocycles. The van der Waals surface area contributed by atoms with Crippen LogP contribution in [0.15, 0.2) is 24.5 Å². The second-order valence-electron chi connectivity index (χ2n) is 6.12. The molecule has 1 aliphatic rings. The van der Waals surface area contributed by atoms with E-state index in [4.69, 9.17) is 0 Å². The zero-order valence-corrected chi connectivity index (χ0v) is 12.5. The van der Waals surface area contributed by atoms with Gasteiger partial charge in [0.05, 0.1) is 17.4 Å². The first kappa shape index (κ1) is 14.1. The maximum atomic E-state index is 11.2. The molecule has 0 amide bonds. The molecular formula is C16H21N3O2. The molecule has 1 aromatic heterocycles. The maximum Gasteiger partial charge on any atom is 0.337 e. The quantitative estimate of drug-likeness (QED) is 0.938. The van der Waals surface area contributed by atoms with Gasteiger partial charge in [-0.3, -0.25) is 0 Å². The molecule has 1 aromatic carbocycles. The number of imidazole rings is 1. The fraction of sp³-hybridized carbons (Fsp3) is 0.500. The van der Waals surface area contributed by atoms with E-state index in [0.29, 0.717) is 17.5 Å². The van der Waals surface area contributed by atoms with Crippen LogP contribution in [0.5, 0.6) is 0 Å². The standard InChI is InChI=1S/C16H21N3O2/c1-11(2)18-7-6-12(8-18)9-19-10-17-15-13(16(20)21)4-3-5-14(15)19/h3-5,10-12H,6-9H2,1-2H3,(H,20,21). The van der Waals surface area contributed by atoms with Crippen molar-refractivity contribution in [2.24, 2.45) is 5.92 Å². The van der Waals surface area contributed by atoms with Crippen molar-refractivity contribution in [3.8, 4) is 0 Å². The second-order valence-corrected chi connectivity index (χ2v) is 6.12. The first-order valence-electron chi connectivity index (χ1n) is 7.47. The highest BCUT2D eigenvalue weighted by Crippen LogP contribution is 2.23. The number of fused-ring (bicyclic) bond motifs is 1. The minimum Gasteiger partial charge on any atom is -0.478 e. The largest absolute Gasteiger partial charge is 0.478 e. The Morgan fingerprint density at radius 2 is 2.29 bits per heavy atom. The number of aromatic carboxylic acids is 1. The normalized spacial score (nSPS) is 19.7. The molecule has 5 heteroatoms. The summed E-state index contributed by atoms with van der Waals surface area (Å²) in [5.41, 5.74) is 1.78. The molecule has 5 nitrogen and oxygen atoms in total. The van der Waals surface area contributed by atoms with Crippen molar-refractivity contribution >= 4 is 17.0 Å². The van der Waals surface area contributed by atoms with Crippen molar-refractivity contribution in [3.63, 3.8) is 0 Å². The molecular weight excluding hydrogens is 266 g/mol. The Kier molecular flexibility index (Phi) is 3.68. The van der Waals surface area contributed by atoms with Crippen LogP contribution in [0.4, 0.5) is 0 Å². The average molecular weight is 287 g/mol. The zero-order chi connectivity index (χ0) is 15.0. The van der Waals surface area contributed by atoms with Crippen LogP contribution in [0.2, 0.25) is 0 Å². The van der Waals surface area contributed by atoms with Gasteiger partial charge in [0.2, 0.25) is 0 Å². The molecule has 3 rings (SSSR count). The van der Waals surface area contributed by atoms with Gasteiger partial charge in [-0.25, -0.2) is 9.78 Å². The van der Waals surface area contributed by atoms with Crippen molar-refractivity contribution in [3.05, 3.63) is 30.1 Å². The number of carboxylic acid groups (broad SMARTS) is 1. The van der Waals surface area contributed by atoms with E-state index in [1.165, 1.54) is 6.42 Å². The summed E-state index contributed by atoms with van der Waals surface area (Å²) in [6.45, 7) is 7.62. The van der Waals surface area contributed by atoms with E-state index < -0.39 is 5.97 Å². The summed E-state index contributed by atoms with van der Waals surface area (Å²) in [5.74, 6) is -0.309. The number of carboxylic acids is 1. The number of aromatic nitrogens is 2. The number of benzene rings is 1. The lowest BCUT2D eigenvalue weighted by Crippen LogP contribution is -2.28. The number of likely N-dealkylation sites (tertiary alicyclic amines) is 1. The van der Waals surface area contributed by atoms with Crippen LogP contribution in [-0.4, -0.2) is 44.7 Å². The molecule has 1 aliphatic heterocycles.